The van der Waals surface area contributed by atoms with Gasteiger partial charge in [0, 0.05) is 13.1 Å². The van der Waals surface area contributed by atoms with Crippen LogP contribution in [-0.2, 0) is 4.79 Å². The summed E-state index contributed by atoms with van der Waals surface area (Å²) in [6.07, 6.45) is 1.58. The maximum absolute atomic E-state index is 11.8. The normalized spacial score (nSPS) is 9.83. The molecule has 1 amide bonds. The van der Waals surface area contributed by atoms with Crippen molar-refractivity contribution in [1.29, 1.82) is 0 Å². The number of aromatic hydroxyl groups is 1. The highest BCUT2D eigenvalue weighted by Gasteiger charge is 2.12. The van der Waals surface area contributed by atoms with Gasteiger partial charge in [-0.05, 0) is 12.1 Å². The Hall–Kier alpha value is -2.01. The molecule has 0 unspecified atom stereocenters. The van der Waals surface area contributed by atoms with E-state index in [1.165, 1.54) is 11.0 Å². The average Bonchev–Trinajstić information content (AvgIpc) is 2.37. The van der Waals surface area contributed by atoms with Crippen molar-refractivity contribution in [2.75, 3.05) is 26.3 Å². The van der Waals surface area contributed by atoms with Crippen molar-refractivity contribution in [3.63, 3.8) is 0 Å². The zero-order valence-electron chi connectivity index (χ0n) is 10.1. The average molecular weight is 251 g/mol. The number of carbonyl (C=O) groups excluding carboxylic acids is 1. The summed E-state index contributed by atoms with van der Waals surface area (Å²) >= 11 is 0. The lowest BCUT2D eigenvalue weighted by molar-refractivity contribution is -0.133. The summed E-state index contributed by atoms with van der Waals surface area (Å²) in [5.74, 6) is -0.0247. The van der Waals surface area contributed by atoms with Gasteiger partial charge in [0.25, 0.3) is 5.91 Å². The molecule has 5 nitrogen and oxygen atoms in total. The molecule has 1 aromatic carbocycles. The second-order valence-corrected chi connectivity index (χ2v) is 3.61. The summed E-state index contributed by atoms with van der Waals surface area (Å²) in [5.41, 5.74) is 0. The Morgan fingerprint density at radius 1 is 1.44 bits per heavy atom. The van der Waals surface area contributed by atoms with Gasteiger partial charge in [-0.15, -0.1) is 6.58 Å². The van der Waals surface area contributed by atoms with E-state index in [0.717, 1.165) is 0 Å². The molecule has 0 radical (unpaired) electrons. The minimum Gasteiger partial charge on any atom is -0.504 e. The molecule has 0 spiro atoms. The Morgan fingerprint density at radius 3 is 2.78 bits per heavy atom. The summed E-state index contributed by atoms with van der Waals surface area (Å²) in [6, 6.07) is 6.43. The van der Waals surface area contributed by atoms with Crippen LogP contribution in [0.1, 0.15) is 0 Å². The fourth-order valence-electron chi connectivity index (χ4n) is 1.40. The number of benzene rings is 1. The molecule has 18 heavy (non-hydrogen) atoms. The molecular weight excluding hydrogens is 234 g/mol. The van der Waals surface area contributed by atoms with Crippen LogP contribution in [0.3, 0.4) is 0 Å². The lowest BCUT2D eigenvalue weighted by Crippen LogP contribution is -2.37. The first kappa shape index (κ1) is 14.1. The van der Waals surface area contributed by atoms with E-state index >= 15 is 0 Å². The van der Waals surface area contributed by atoms with Gasteiger partial charge in [-0.3, -0.25) is 4.79 Å². The van der Waals surface area contributed by atoms with Gasteiger partial charge in [-0.25, -0.2) is 0 Å². The van der Waals surface area contributed by atoms with Crippen LogP contribution in [0.5, 0.6) is 11.5 Å². The number of nitrogens with zero attached hydrogens (tertiary/aromatic N) is 1. The van der Waals surface area contributed by atoms with Crippen molar-refractivity contribution >= 4 is 5.91 Å². The number of para-hydroxylation sites is 2. The van der Waals surface area contributed by atoms with Crippen LogP contribution in [0, 0.1) is 0 Å². The molecule has 0 atom stereocenters. The van der Waals surface area contributed by atoms with E-state index in [2.05, 4.69) is 6.58 Å². The molecular formula is C13H17NO4. The molecule has 1 rings (SSSR count). The van der Waals surface area contributed by atoms with Crippen LogP contribution in [0.25, 0.3) is 0 Å². The first-order valence-corrected chi connectivity index (χ1v) is 5.59. The maximum atomic E-state index is 11.8. The number of amides is 1. The van der Waals surface area contributed by atoms with Crippen molar-refractivity contribution in [3.8, 4) is 11.5 Å². The Labute approximate surface area is 106 Å². The number of aliphatic hydroxyl groups excluding tert-OH is 1. The summed E-state index contributed by atoms with van der Waals surface area (Å²) in [7, 11) is 0. The SMILES string of the molecule is C=CCN(CCO)C(=O)COc1ccccc1O. The van der Waals surface area contributed by atoms with Gasteiger partial charge in [0.1, 0.15) is 0 Å². The molecule has 0 fully saturated rings. The van der Waals surface area contributed by atoms with Crippen molar-refractivity contribution in [2.45, 2.75) is 0 Å². The van der Waals surface area contributed by atoms with Crippen molar-refractivity contribution in [3.05, 3.63) is 36.9 Å². The molecule has 5 heteroatoms. The lowest BCUT2D eigenvalue weighted by atomic mass is 10.3. The second-order valence-electron chi connectivity index (χ2n) is 3.61. The second kappa shape index (κ2) is 7.34. The molecule has 98 valence electrons. The summed E-state index contributed by atoms with van der Waals surface area (Å²) in [4.78, 5) is 13.2. The number of carbonyl (C=O) groups is 1. The van der Waals surface area contributed by atoms with E-state index < -0.39 is 0 Å². The maximum Gasteiger partial charge on any atom is 0.260 e. The van der Waals surface area contributed by atoms with E-state index in [9.17, 15) is 9.90 Å². The highest BCUT2D eigenvalue weighted by molar-refractivity contribution is 5.78. The van der Waals surface area contributed by atoms with Crippen LogP contribution in [0.4, 0.5) is 0 Å². The third-order valence-electron chi connectivity index (χ3n) is 2.29. The van der Waals surface area contributed by atoms with Gasteiger partial charge in [0.15, 0.2) is 18.1 Å². The van der Waals surface area contributed by atoms with Gasteiger partial charge in [0.05, 0.1) is 6.61 Å². The fourth-order valence-corrected chi connectivity index (χ4v) is 1.40. The van der Waals surface area contributed by atoms with Crippen LogP contribution in [-0.4, -0.2) is 47.3 Å². The Balaban J connectivity index is 2.53. The van der Waals surface area contributed by atoms with Crippen molar-refractivity contribution in [1.82, 2.24) is 4.90 Å². The Kier molecular flexibility index (Phi) is 5.73. The summed E-state index contributed by atoms with van der Waals surface area (Å²) in [5, 5.41) is 18.3. The molecule has 0 aliphatic rings. The van der Waals surface area contributed by atoms with Crippen LogP contribution < -0.4 is 4.74 Å². The van der Waals surface area contributed by atoms with Gasteiger partial charge < -0.3 is 19.8 Å². The third kappa shape index (κ3) is 4.10. The first-order valence-electron chi connectivity index (χ1n) is 5.59. The number of phenolic OH excluding ortho intramolecular Hbond substituents is 1. The largest absolute Gasteiger partial charge is 0.504 e. The standard InChI is InChI=1S/C13H17NO4/c1-2-7-14(8-9-15)13(17)10-18-12-6-4-3-5-11(12)16/h2-6,15-16H,1,7-10H2. The zero-order valence-corrected chi connectivity index (χ0v) is 10.1. The minimum absolute atomic E-state index is 0.0114. The number of phenols is 1. The van der Waals surface area contributed by atoms with Crippen LogP contribution >= 0.6 is 0 Å². The van der Waals surface area contributed by atoms with Gasteiger partial charge >= 0.3 is 0 Å². The highest BCUT2D eigenvalue weighted by atomic mass is 16.5. The van der Waals surface area contributed by atoms with Gasteiger partial charge in [-0.1, -0.05) is 18.2 Å². The summed E-state index contributed by atoms with van der Waals surface area (Å²) < 4.78 is 5.22. The van der Waals surface area contributed by atoms with Gasteiger partial charge in [0.2, 0.25) is 0 Å². The summed E-state index contributed by atoms with van der Waals surface area (Å²) in [6.45, 7) is 3.82. The molecule has 0 aliphatic heterocycles. The molecule has 0 aliphatic carbocycles. The van der Waals surface area contributed by atoms with Crippen molar-refractivity contribution < 1.29 is 19.7 Å². The zero-order chi connectivity index (χ0) is 13.4. The lowest BCUT2D eigenvalue weighted by Gasteiger charge is -2.20. The topological polar surface area (TPSA) is 70.0 Å². The highest BCUT2D eigenvalue weighted by Crippen LogP contribution is 2.24. The molecule has 0 bridgehead atoms. The number of hydrogen-bond donors (Lipinski definition) is 2. The number of hydrogen-bond acceptors (Lipinski definition) is 4. The van der Waals surface area contributed by atoms with E-state index in [4.69, 9.17) is 9.84 Å². The van der Waals surface area contributed by atoms with Crippen LogP contribution in [0.2, 0.25) is 0 Å². The quantitative estimate of drug-likeness (QED) is 0.702. The Morgan fingerprint density at radius 2 is 2.17 bits per heavy atom. The Bertz CT molecular complexity index is 406. The molecule has 0 saturated carbocycles. The predicted molar refractivity (Wildman–Crippen MR) is 67.5 cm³/mol. The van der Waals surface area contributed by atoms with Crippen molar-refractivity contribution in [2.24, 2.45) is 0 Å². The fraction of sp³-hybridized carbons (Fsp3) is 0.308. The predicted octanol–water partition coefficient (Wildman–Crippen LogP) is 0.778. The van der Waals surface area contributed by atoms with E-state index in [0.29, 0.717) is 6.54 Å². The molecule has 0 heterocycles. The minimum atomic E-state index is -0.271. The van der Waals surface area contributed by atoms with E-state index in [1.54, 1.807) is 24.3 Å². The molecule has 1 aromatic rings. The molecule has 2 N–H and O–H groups in total. The first-order chi connectivity index (χ1) is 8.69. The third-order valence-corrected chi connectivity index (χ3v) is 2.29. The number of ether oxygens (including phenoxy) is 1. The van der Waals surface area contributed by atoms with E-state index in [1.807, 2.05) is 0 Å². The number of aliphatic hydroxyl groups is 1. The molecule has 0 saturated heterocycles. The molecule has 0 aromatic heterocycles. The van der Waals surface area contributed by atoms with E-state index in [-0.39, 0.29) is 37.2 Å². The number of rotatable bonds is 7. The smallest absolute Gasteiger partial charge is 0.260 e. The van der Waals surface area contributed by atoms with Gasteiger partial charge in [-0.2, -0.15) is 0 Å². The van der Waals surface area contributed by atoms with Crippen LogP contribution in [0.15, 0.2) is 36.9 Å². The monoisotopic (exact) mass is 251 g/mol.